The molecule has 1 saturated carbocycles. The van der Waals surface area contributed by atoms with Crippen LogP contribution >= 0.6 is 0 Å². The number of hydrogen-bond donors (Lipinski definition) is 0. The van der Waals surface area contributed by atoms with E-state index in [-0.39, 0.29) is 47.3 Å². The number of nitroso groups, excluding NO2 is 1. The number of allylic oxidation sites excluding steroid dienone is 1. The number of rotatable bonds is 1. The van der Waals surface area contributed by atoms with E-state index in [9.17, 15) is 14.5 Å². The lowest BCUT2D eigenvalue weighted by Crippen LogP contribution is -2.65. The van der Waals surface area contributed by atoms with Gasteiger partial charge >= 0.3 is 0 Å². The molecule has 6 heteroatoms. The first-order valence-electron chi connectivity index (χ1n) is 12.1. The number of fused-ring (bicyclic) bond motifs is 5. The maximum absolute atomic E-state index is 13.3. The van der Waals surface area contributed by atoms with Crippen LogP contribution in [0.1, 0.15) is 73.6 Å². The highest BCUT2D eigenvalue weighted by molar-refractivity contribution is 6.00. The number of carbonyl (C=O) groups is 2. The average Bonchev–Trinajstić information content (AvgIpc) is 3.03. The van der Waals surface area contributed by atoms with Gasteiger partial charge in [-0.05, 0) is 56.8 Å². The molecule has 2 heterocycles. The Morgan fingerprint density at radius 3 is 2.34 bits per heavy atom. The van der Waals surface area contributed by atoms with Crippen LogP contribution in [0.5, 0.6) is 0 Å². The van der Waals surface area contributed by atoms with Crippen molar-refractivity contribution in [3.8, 4) is 0 Å². The highest BCUT2D eigenvalue weighted by Crippen LogP contribution is 2.63. The molecule has 1 spiro atoms. The lowest BCUT2D eigenvalue weighted by atomic mass is 9.50. The zero-order valence-electron chi connectivity index (χ0n) is 20.1. The van der Waals surface area contributed by atoms with Gasteiger partial charge in [-0.1, -0.05) is 32.0 Å². The maximum Gasteiger partial charge on any atom is 0.173 e. The molecular weight excluding hydrogens is 406 g/mol. The fourth-order valence-corrected chi connectivity index (χ4v) is 7.60. The van der Waals surface area contributed by atoms with Gasteiger partial charge in [-0.15, -0.1) is 0 Å². The van der Waals surface area contributed by atoms with E-state index in [4.69, 9.17) is 9.47 Å². The summed E-state index contributed by atoms with van der Waals surface area (Å²) in [5.74, 6) is -0.978. The highest BCUT2D eigenvalue weighted by Gasteiger charge is 2.66. The number of hydrogen-bond acceptors (Lipinski definition) is 6. The van der Waals surface area contributed by atoms with Gasteiger partial charge in [0, 0.05) is 42.4 Å². The van der Waals surface area contributed by atoms with E-state index in [1.165, 1.54) is 0 Å². The van der Waals surface area contributed by atoms with Gasteiger partial charge in [-0.3, -0.25) is 9.59 Å². The van der Waals surface area contributed by atoms with E-state index in [1.54, 1.807) is 6.08 Å². The second-order valence-electron chi connectivity index (χ2n) is 11.9. The van der Waals surface area contributed by atoms with Crippen LogP contribution in [0.3, 0.4) is 0 Å². The Morgan fingerprint density at radius 1 is 1.00 bits per heavy atom. The Morgan fingerprint density at radius 2 is 1.72 bits per heavy atom. The predicted molar refractivity (Wildman–Crippen MR) is 120 cm³/mol. The second kappa shape index (κ2) is 6.69. The van der Waals surface area contributed by atoms with Crippen molar-refractivity contribution >= 4 is 11.6 Å². The minimum Gasteiger partial charge on any atom is -0.344 e. The Bertz CT molecular complexity index is 965. The van der Waals surface area contributed by atoms with Gasteiger partial charge in [0.15, 0.2) is 11.6 Å². The molecule has 0 aromatic heterocycles. The van der Waals surface area contributed by atoms with Crippen molar-refractivity contribution in [1.82, 2.24) is 0 Å². The number of Topliss-reactive ketones (excluding diaryl/α,β-unsaturated/α-hetero) is 1. The third kappa shape index (κ3) is 2.78. The van der Waals surface area contributed by atoms with Crippen molar-refractivity contribution in [2.75, 3.05) is 0 Å². The van der Waals surface area contributed by atoms with E-state index in [1.807, 2.05) is 13.0 Å². The molecule has 174 valence electrons. The van der Waals surface area contributed by atoms with Gasteiger partial charge in [0.25, 0.3) is 0 Å². The Labute approximate surface area is 190 Å². The first-order valence-corrected chi connectivity index (χ1v) is 12.1. The van der Waals surface area contributed by atoms with E-state index < -0.39 is 22.8 Å². The first-order chi connectivity index (χ1) is 14.9. The quantitative estimate of drug-likeness (QED) is 0.540. The lowest BCUT2D eigenvalue weighted by molar-refractivity contribution is -0.351. The molecule has 0 aromatic carbocycles. The molecule has 0 N–H and O–H groups in total. The number of ether oxygens (including phenoxy) is 2. The Balaban J connectivity index is 1.68. The second-order valence-corrected chi connectivity index (χ2v) is 11.9. The van der Waals surface area contributed by atoms with Crippen LogP contribution in [0.4, 0.5) is 0 Å². The van der Waals surface area contributed by atoms with Crippen molar-refractivity contribution in [3.63, 3.8) is 0 Å². The molecule has 8 atom stereocenters. The molecule has 0 aromatic rings. The summed E-state index contributed by atoms with van der Waals surface area (Å²) in [6, 6.07) is -0.542. The molecule has 5 aliphatic rings. The Kier molecular flexibility index (Phi) is 4.63. The smallest absolute Gasteiger partial charge is 0.173 e. The normalized spacial score (nSPS) is 49.6. The topological polar surface area (TPSA) is 82.0 Å². The molecule has 3 aliphatic carbocycles. The van der Waals surface area contributed by atoms with E-state index in [2.05, 4.69) is 39.8 Å². The molecular formula is C26H35NO5. The van der Waals surface area contributed by atoms with Gasteiger partial charge in [-0.2, -0.15) is 4.91 Å². The highest BCUT2D eigenvalue weighted by atomic mass is 16.7. The molecule has 5 rings (SSSR count). The molecule has 2 aliphatic heterocycles. The third-order valence-electron chi connectivity index (χ3n) is 9.62. The monoisotopic (exact) mass is 441 g/mol. The van der Waals surface area contributed by atoms with Crippen molar-refractivity contribution in [2.24, 2.45) is 34.3 Å². The summed E-state index contributed by atoms with van der Waals surface area (Å²) < 4.78 is 13.6. The molecule has 2 saturated heterocycles. The fourth-order valence-electron chi connectivity index (χ4n) is 7.60. The van der Waals surface area contributed by atoms with Crippen LogP contribution in [0.15, 0.2) is 28.5 Å². The van der Waals surface area contributed by atoms with Crippen molar-refractivity contribution in [2.45, 2.75) is 96.7 Å². The van der Waals surface area contributed by atoms with Gasteiger partial charge in [0.2, 0.25) is 0 Å². The molecule has 3 fully saturated rings. The van der Waals surface area contributed by atoms with Crippen molar-refractivity contribution < 1.29 is 19.1 Å². The average molecular weight is 442 g/mol. The van der Waals surface area contributed by atoms with Gasteiger partial charge in [0.1, 0.15) is 11.8 Å². The zero-order chi connectivity index (χ0) is 23.3. The summed E-state index contributed by atoms with van der Waals surface area (Å²) in [5, 5.41) is 3.57. The standard InChI is InChI=1S/C26H35NO5/c1-14-15(2)26(10-9-23(3,4)31-26)32-25(6)18-13-21(29)19-11-16(28)7-8-24(19,5)17(18)12-20(27-30)22(14)25/h12-15,19-20,22H,7-11H2,1-6H3/t14-,15+,19?,20?,22?,24?,25+,26-/m1/s1. The van der Waals surface area contributed by atoms with Crippen LogP contribution in [0.2, 0.25) is 0 Å². The van der Waals surface area contributed by atoms with E-state index in [0.717, 1.165) is 24.0 Å². The van der Waals surface area contributed by atoms with E-state index in [0.29, 0.717) is 12.8 Å². The molecule has 6 nitrogen and oxygen atoms in total. The van der Waals surface area contributed by atoms with Gasteiger partial charge in [0.05, 0.1) is 11.2 Å². The van der Waals surface area contributed by atoms with E-state index >= 15 is 0 Å². The number of ketones is 2. The summed E-state index contributed by atoms with van der Waals surface area (Å²) in [5.41, 5.74) is 0.216. The van der Waals surface area contributed by atoms with Crippen LogP contribution in [-0.4, -0.2) is 34.6 Å². The predicted octanol–water partition coefficient (Wildman–Crippen LogP) is 4.91. The molecule has 0 amide bonds. The van der Waals surface area contributed by atoms with Crippen LogP contribution in [-0.2, 0) is 19.1 Å². The summed E-state index contributed by atoms with van der Waals surface area (Å²) in [4.78, 5) is 37.7. The van der Waals surface area contributed by atoms with Crippen molar-refractivity contribution in [3.05, 3.63) is 28.2 Å². The lowest BCUT2D eigenvalue weighted by Gasteiger charge is -2.61. The largest absolute Gasteiger partial charge is 0.344 e. The molecule has 4 unspecified atom stereocenters. The van der Waals surface area contributed by atoms with Crippen LogP contribution in [0, 0.1) is 34.0 Å². The molecule has 0 radical (unpaired) electrons. The molecule has 0 bridgehead atoms. The summed E-state index contributed by atoms with van der Waals surface area (Å²) in [7, 11) is 0. The summed E-state index contributed by atoms with van der Waals surface area (Å²) in [6.45, 7) is 12.6. The maximum atomic E-state index is 13.3. The first kappa shape index (κ1) is 22.1. The summed E-state index contributed by atoms with van der Waals surface area (Å²) in [6.07, 6.45) is 6.71. The molecule has 32 heavy (non-hydrogen) atoms. The van der Waals surface area contributed by atoms with Gasteiger partial charge < -0.3 is 9.47 Å². The van der Waals surface area contributed by atoms with Crippen LogP contribution in [0.25, 0.3) is 0 Å². The third-order valence-corrected chi connectivity index (χ3v) is 9.62. The SMILES string of the molecule is C[C@H]1C2C(N=O)C=C3C(=CC(=O)C4CC(=O)CCC34C)[C@]2(C)O[C@]2(CCC(C)(C)O2)[C@H]1C. The zero-order valence-corrected chi connectivity index (χ0v) is 20.1. The fraction of sp³-hybridized carbons (Fsp3) is 0.769. The number of nitrogens with zero attached hydrogens (tertiary/aromatic N) is 1. The minimum atomic E-state index is -0.861. The minimum absolute atomic E-state index is 0.00165. The number of carbonyl (C=O) groups excluding carboxylic acids is 2. The Hall–Kier alpha value is -1.66. The summed E-state index contributed by atoms with van der Waals surface area (Å²) >= 11 is 0. The van der Waals surface area contributed by atoms with Crippen molar-refractivity contribution in [1.29, 1.82) is 0 Å². The van der Waals surface area contributed by atoms with Crippen LogP contribution < -0.4 is 0 Å². The van der Waals surface area contributed by atoms with Gasteiger partial charge in [-0.25, -0.2) is 0 Å².